The number of ether oxygens (including phenoxy) is 2. The van der Waals surface area contributed by atoms with E-state index < -0.39 is 4.75 Å². The maximum absolute atomic E-state index is 11.9. The van der Waals surface area contributed by atoms with Crippen LogP contribution in [0.25, 0.3) is 0 Å². The van der Waals surface area contributed by atoms with Crippen molar-refractivity contribution in [1.29, 1.82) is 0 Å². The number of cyclic esters (lactones) is 2. The van der Waals surface area contributed by atoms with E-state index in [9.17, 15) is 9.59 Å². The molecule has 0 aromatic heterocycles. The zero-order valence-electron chi connectivity index (χ0n) is 8.47. The van der Waals surface area contributed by atoms with Crippen molar-refractivity contribution in [3.8, 4) is 0 Å². The average Bonchev–Trinajstić information content (AvgIpc) is 2.89. The Balaban J connectivity index is 1.79. The van der Waals surface area contributed by atoms with Crippen LogP contribution in [0.4, 0.5) is 0 Å². The van der Waals surface area contributed by atoms with Gasteiger partial charge in [-0.25, -0.2) is 0 Å². The van der Waals surface area contributed by atoms with E-state index in [1.165, 1.54) is 0 Å². The highest BCUT2D eigenvalue weighted by molar-refractivity contribution is 8.03. The Morgan fingerprint density at radius 2 is 2.25 bits per heavy atom. The lowest BCUT2D eigenvalue weighted by Crippen LogP contribution is -2.63. The smallest absolute Gasteiger partial charge is 0.331 e. The second-order valence-electron chi connectivity index (χ2n) is 4.89. The zero-order chi connectivity index (χ0) is 11.0. The van der Waals surface area contributed by atoms with E-state index in [4.69, 9.17) is 9.47 Å². The van der Waals surface area contributed by atoms with Crippen molar-refractivity contribution in [2.45, 2.75) is 29.8 Å². The Labute approximate surface area is 96.3 Å². The third-order valence-electron chi connectivity index (χ3n) is 4.24. The SMILES string of the molecule is O=C1C[C@@]2(SCC23CC2C=CC3O2)C(=O)O1. The Morgan fingerprint density at radius 1 is 1.38 bits per heavy atom. The average molecular weight is 238 g/mol. The number of hydrogen-bond donors (Lipinski definition) is 0. The monoisotopic (exact) mass is 238 g/mol. The second-order valence-corrected chi connectivity index (χ2v) is 6.17. The third kappa shape index (κ3) is 0.778. The van der Waals surface area contributed by atoms with Gasteiger partial charge >= 0.3 is 11.9 Å². The molecule has 3 saturated heterocycles. The molecule has 4 atom stereocenters. The molecule has 0 aromatic carbocycles. The highest BCUT2D eigenvalue weighted by Crippen LogP contribution is 2.68. The number of rotatable bonds is 0. The van der Waals surface area contributed by atoms with Gasteiger partial charge in [-0.1, -0.05) is 12.2 Å². The molecule has 3 fully saturated rings. The fraction of sp³-hybridized carbons (Fsp3) is 0.636. The fourth-order valence-corrected chi connectivity index (χ4v) is 5.09. The minimum atomic E-state index is -0.645. The van der Waals surface area contributed by atoms with Crippen LogP contribution in [0, 0.1) is 5.41 Å². The molecule has 2 bridgehead atoms. The van der Waals surface area contributed by atoms with Gasteiger partial charge in [0.2, 0.25) is 0 Å². The molecule has 4 heterocycles. The Morgan fingerprint density at radius 3 is 2.69 bits per heavy atom. The molecule has 4 nitrogen and oxygen atoms in total. The van der Waals surface area contributed by atoms with Crippen LogP contribution in [0.5, 0.6) is 0 Å². The third-order valence-corrected chi connectivity index (χ3v) is 6.11. The molecule has 84 valence electrons. The fourth-order valence-electron chi connectivity index (χ4n) is 3.36. The standard InChI is InChI=1S/C11H10O4S/c12-8-4-11(9(13)15-8)10(5-16-11)3-6-1-2-7(10)14-6/h1-2,6-7H,3-5H2/t6?,7?,10?,11-/m1/s1. The van der Waals surface area contributed by atoms with Crippen LogP contribution in [0.1, 0.15) is 12.8 Å². The lowest BCUT2D eigenvalue weighted by molar-refractivity contribution is -0.154. The van der Waals surface area contributed by atoms with E-state index in [1.807, 2.05) is 6.08 Å². The number of carbonyl (C=O) groups is 2. The van der Waals surface area contributed by atoms with E-state index in [1.54, 1.807) is 11.8 Å². The first-order chi connectivity index (χ1) is 7.66. The van der Waals surface area contributed by atoms with Gasteiger partial charge in [-0.05, 0) is 6.42 Å². The molecule has 0 aliphatic carbocycles. The molecule has 4 aliphatic rings. The summed E-state index contributed by atoms with van der Waals surface area (Å²) >= 11 is 1.55. The number of hydrogen-bond acceptors (Lipinski definition) is 5. The molecule has 0 amide bonds. The van der Waals surface area contributed by atoms with Crippen LogP contribution in [0.2, 0.25) is 0 Å². The van der Waals surface area contributed by atoms with E-state index in [0.717, 1.165) is 12.2 Å². The van der Waals surface area contributed by atoms with Crippen LogP contribution in [-0.2, 0) is 19.1 Å². The molecule has 0 N–H and O–H groups in total. The molecule has 5 heteroatoms. The number of carbonyl (C=O) groups excluding carboxylic acids is 2. The second kappa shape index (κ2) is 2.54. The lowest BCUT2D eigenvalue weighted by atomic mass is 9.66. The van der Waals surface area contributed by atoms with Crippen molar-refractivity contribution in [3.63, 3.8) is 0 Å². The van der Waals surface area contributed by atoms with Gasteiger partial charge in [0.1, 0.15) is 4.75 Å². The van der Waals surface area contributed by atoms with Crippen molar-refractivity contribution in [2.75, 3.05) is 5.75 Å². The first-order valence-corrected chi connectivity index (χ1v) is 6.38. The van der Waals surface area contributed by atoms with Crippen molar-refractivity contribution in [3.05, 3.63) is 12.2 Å². The van der Waals surface area contributed by atoms with Crippen LogP contribution in [-0.4, -0.2) is 34.6 Å². The quantitative estimate of drug-likeness (QED) is 0.352. The Kier molecular flexibility index (Phi) is 1.47. The van der Waals surface area contributed by atoms with Gasteiger partial charge < -0.3 is 9.47 Å². The number of thioether (sulfide) groups is 1. The summed E-state index contributed by atoms with van der Waals surface area (Å²) < 4.78 is 9.85. The van der Waals surface area contributed by atoms with Crippen molar-refractivity contribution >= 4 is 23.7 Å². The van der Waals surface area contributed by atoms with E-state index in [-0.39, 0.29) is 36.0 Å². The van der Waals surface area contributed by atoms with Crippen LogP contribution < -0.4 is 0 Å². The maximum Gasteiger partial charge on any atom is 0.331 e. The van der Waals surface area contributed by atoms with Crippen LogP contribution >= 0.6 is 11.8 Å². The Bertz CT molecular complexity index is 445. The van der Waals surface area contributed by atoms with Gasteiger partial charge in [0.25, 0.3) is 0 Å². The predicted octanol–water partition coefficient (Wildman–Crippen LogP) is 0.659. The molecular formula is C11H10O4S. The molecule has 2 spiro atoms. The normalized spacial score (nSPS) is 52.8. The molecule has 0 aromatic rings. The summed E-state index contributed by atoms with van der Waals surface area (Å²) in [6, 6.07) is 0. The highest BCUT2D eigenvalue weighted by Gasteiger charge is 2.75. The van der Waals surface area contributed by atoms with E-state index >= 15 is 0 Å². The summed E-state index contributed by atoms with van der Waals surface area (Å²) in [6.45, 7) is 0. The summed E-state index contributed by atoms with van der Waals surface area (Å²) in [6.07, 6.45) is 5.28. The minimum Gasteiger partial charge on any atom is -0.392 e. The molecule has 3 unspecified atom stereocenters. The van der Waals surface area contributed by atoms with Crippen molar-refractivity contribution in [1.82, 2.24) is 0 Å². The molecular weight excluding hydrogens is 228 g/mol. The van der Waals surface area contributed by atoms with Crippen LogP contribution in [0.15, 0.2) is 12.2 Å². The van der Waals surface area contributed by atoms with Gasteiger partial charge in [0.15, 0.2) is 0 Å². The molecule has 0 radical (unpaired) electrons. The van der Waals surface area contributed by atoms with Gasteiger partial charge in [0, 0.05) is 11.2 Å². The topological polar surface area (TPSA) is 52.6 Å². The first-order valence-electron chi connectivity index (χ1n) is 5.39. The molecule has 16 heavy (non-hydrogen) atoms. The summed E-state index contributed by atoms with van der Waals surface area (Å²) in [5.74, 6) is 0.155. The summed E-state index contributed by atoms with van der Waals surface area (Å²) in [7, 11) is 0. The summed E-state index contributed by atoms with van der Waals surface area (Å²) in [5, 5.41) is 0. The van der Waals surface area contributed by atoms with Gasteiger partial charge in [-0.3, -0.25) is 9.59 Å². The van der Waals surface area contributed by atoms with Crippen molar-refractivity contribution in [2.24, 2.45) is 5.41 Å². The van der Waals surface area contributed by atoms with Gasteiger partial charge in [-0.15, -0.1) is 11.8 Å². The largest absolute Gasteiger partial charge is 0.392 e. The van der Waals surface area contributed by atoms with Gasteiger partial charge in [-0.2, -0.15) is 0 Å². The molecule has 4 rings (SSSR count). The summed E-state index contributed by atoms with van der Waals surface area (Å²) in [4.78, 5) is 23.2. The van der Waals surface area contributed by atoms with E-state index in [2.05, 4.69) is 6.08 Å². The number of fused-ring (bicyclic) bond motifs is 4. The Hall–Kier alpha value is -0.810. The maximum atomic E-state index is 11.9. The van der Waals surface area contributed by atoms with E-state index in [0.29, 0.717) is 0 Å². The zero-order valence-corrected chi connectivity index (χ0v) is 9.29. The predicted molar refractivity (Wildman–Crippen MR) is 55.8 cm³/mol. The molecule has 0 saturated carbocycles. The summed E-state index contributed by atoms with van der Waals surface area (Å²) in [5.41, 5.74) is -0.180. The van der Waals surface area contributed by atoms with Gasteiger partial charge in [0.05, 0.1) is 18.6 Å². The minimum absolute atomic E-state index is 0.00259. The highest BCUT2D eigenvalue weighted by atomic mass is 32.2. The van der Waals surface area contributed by atoms with Crippen molar-refractivity contribution < 1.29 is 19.1 Å². The first kappa shape index (κ1) is 9.24. The molecule has 4 aliphatic heterocycles. The van der Waals surface area contributed by atoms with Crippen LogP contribution in [0.3, 0.4) is 0 Å². The lowest BCUT2D eigenvalue weighted by Gasteiger charge is -2.53. The number of esters is 2.